The molecule has 0 aliphatic heterocycles. The number of methoxy groups -OCH3 is 2. The van der Waals surface area contributed by atoms with E-state index in [4.69, 9.17) is 19.0 Å². The molecule has 1 amide bonds. The van der Waals surface area contributed by atoms with Crippen LogP contribution in [0, 0.1) is 6.92 Å². The van der Waals surface area contributed by atoms with E-state index in [9.17, 15) is 9.59 Å². The number of nitrogens with one attached hydrogen (secondary N) is 1. The summed E-state index contributed by atoms with van der Waals surface area (Å²) in [6, 6.07) is 5.85. The number of hydrogen-bond acceptors (Lipinski definition) is 5. The Morgan fingerprint density at radius 1 is 1.12 bits per heavy atom. The summed E-state index contributed by atoms with van der Waals surface area (Å²) in [4.78, 5) is 23.0. The first-order chi connectivity index (χ1) is 11.4. The Hall–Kier alpha value is -2.96. The number of furan rings is 1. The highest BCUT2D eigenvalue weighted by molar-refractivity contribution is 5.93. The third kappa shape index (κ3) is 3.51. The molecule has 0 radical (unpaired) electrons. The summed E-state index contributed by atoms with van der Waals surface area (Å²) in [7, 11) is 3.09. The molecule has 0 spiro atoms. The van der Waals surface area contributed by atoms with Crippen LogP contribution >= 0.6 is 0 Å². The van der Waals surface area contributed by atoms with Crippen molar-refractivity contribution in [1.29, 1.82) is 0 Å². The van der Waals surface area contributed by atoms with Gasteiger partial charge in [-0.25, -0.2) is 4.79 Å². The van der Waals surface area contributed by atoms with Gasteiger partial charge in [-0.05, 0) is 49.2 Å². The van der Waals surface area contributed by atoms with Gasteiger partial charge in [0.15, 0.2) is 17.3 Å². The summed E-state index contributed by atoms with van der Waals surface area (Å²) < 4.78 is 15.5. The van der Waals surface area contributed by atoms with Gasteiger partial charge in [-0.1, -0.05) is 0 Å². The summed E-state index contributed by atoms with van der Waals surface area (Å²) in [6.45, 7) is 3.71. The molecule has 128 valence electrons. The van der Waals surface area contributed by atoms with Crippen LogP contribution in [-0.4, -0.2) is 31.2 Å². The van der Waals surface area contributed by atoms with E-state index in [-0.39, 0.29) is 17.6 Å². The van der Waals surface area contributed by atoms with E-state index in [0.717, 1.165) is 11.1 Å². The highest BCUT2D eigenvalue weighted by atomic mass is 16.5. The fourth-order valence-electron chi connectivity index (χ4n) is 2.38. The second-order valence-electron chi connectivity index (χ2n) is 5.23. The summed E-state index contributed by atoms with van der Waals surface area (Å²) in [5, 5.41) is 11.6. The van der Waals surface area contributed by atoms with E-state index in [2.05, 4.69) is 5.32 Å². The minimum atomic E-state index is -1.22. The highest BCUT2D eigenvalue weighted by Gasteiger charge is 2.19. The van der Waals surface area contributed by atoms with Crippen molar-refractivity contribution in [3.63, 3.8) is 0 Å². The van der Waals surface area contributed by atoms with Gasteiger partial charge in [0.2, 0.25) is 5.76 Å². The standard InChI is InChI=1S/C17H19NO6/c1-9-7-14(22-3)15(23-4)8-11(9)10(2)18-16(19)12-5-6-13(24-12)17(20)21/h5-8,10H,1-4H3,(H,18,19)(H,20,21). The normalized spacial score (nSPS) is 11.7. The van der Waals surface area contributed by atoms with Crippen LogP contribution < -0.4 is 14.8 Å². The molecule has 2 aromatic rings. The lowest BCUT2D eigenvalue weighted by Gasteiger charge is -2.18. The number of aromatic carboxylic acids is 1. The number of carboxylic acid groups (broad SMARTS) is 1. The third-order valence-electron chi connectivity index (χ3n) is 3.63. The predicted octanol–water partition coefficient (Wildman–Crippen LogP) is 2.79. The Bertz CT molecular complexity index is 764. The van der Waals surface area contributed by atoms with Crippen LogP contribution in [0.5, 0.6) is 11.5 Å². The van der Waals surface area contributed by atoms with Crippen molar-refractivity contribution >= 4 is 11.9 Å². The van der Waals surface area contributed by atoms with Gasteiger partial charge in [-0.15, -0.1) is 0 Å². The maximum Gasteiger partial charge on any atom is 0.371 e. The summed E-state index contributed by atoms with van der Waals surface area (Å²) >= 11 is 0. The molecule has 1 aromatic carbocycles. The fraction of sp³-hybridized carbons (Fsp3) is 0.294. The SMILES string of the molecule is COc1cc(C)c(C(C)NC(=O)c2ccc(C(=O)O)o2)cc1OC. The Morgan fingerprint density at radius 3 is 2.25 bits per heavy atom. The fourth-order valence-corrected chi connectivity index (χ4v) is 2.38. The molecule has 1 heterocycles. The van der Waals surface area contributed by atoms with Gasteiger partial charge < -0.3 is 24.3 Å². The zero-order valence-electron chi connectivity index (χ0n) is 13.9. The number of carbonyl (C=O) groups is 2. The molecule has 24 heavy (non-hydrogen) atoms. The van der Waals surface area contributed by atoms with E-state index in [1.165, 1.54) is 19.2 Å². The molecule has 1 aromatic heterocycles. The third-order valence-corrected chi connectivity index (χ3v) is 3.63. The van der Waals surface area contributed by atoms with Crippen molar-refractivity contribution in [3.8, 4) is 11.5 Å². The van der Waals surface area contributed by atoms with Crippen molar-refractivity contribution < 1.29 is 28.6 Å². The molecule has 1 unspecified atom stereocenters. The number of carboxylic acids is 1. The second kappa shape index (κ2) is 7.08. The maximum atomic E-state index is 12.2. The summed E-state index contributed by atoms with van der Waals surface area (Å²) in [6.07, 6.45) is 0. The van der Waals surface area contributed by atoms with Gasteiger partial charge in [0.05, 0.1) is 20.3 Å². The Morgan fingerprint density at radius 2 is 1.71 bits per heavy atom. The average Bonchev–Trinajstić information content (AvgIpc) is 3.04. The zero-order chi connectivity index (χ0) is 17.9. The average molecular weight is 333 g/mol. The molecule has 0 saturated carbocycles. The van der Waals surface area contributed by atoms with Crippen LogP contribution in [0.4, 0.5) is 0 Å². The number of carbonyl (C=O) groups excluding carboxylic acids is 1. The van der Waals surface area contributed by atoms with Crippen LogP contribution in [0.1, 0.15) is 45.2 Å². The monoisotopic (exact) mass is 333 g/mol. The summed E-state index contributed by atoms with van der Waals surface area (Å²) in [5.41, 5.74) is 1.78. The van der Waals surface area contributed by atoms with E-state index in [1.54, 1.807) is 13.2 Å². The second-order valence-corrected chi connectivity index (χ2v) is 5.23. The van der Waals surface area contributed by atoms with Gasteiger partial charge in [0.25, 0.3) is 5.91 Å². The van der Waals surface area contributed by atoms with Gasteiger partial charge in [0, 0.05) is 0 Å². The number of rotatable bonds is 6. The lowest BCUT2D eigenvalue weighted by atomic mass is 10.0. The Balaban J connectivity index is 2.20. The molecule has 2 rings (SSSR count). The molecule has 1 atom stereocenters. The van der Waals surface area contributed by atoms with E-state index in [1.807, 2.05) is 19.9 Å². The maximum absolute atomic E-state index is 12.2. The molecular weight excluding hydrogens is 314 g/mol. The predicted molar refractivity (Wildman–Crippen MR) is 85.8 cm³/mol. The molecule has 7 heteroatoms. The lowest BCUT2D eigenvalue weighted by molar-refractivity contribution is 0.0659. The minimum Gasteiger partial charge on any atom is -0.493 e. The van der Waals surface area contributed by atoms with Crippen LogP contribution in [0.25, 0.3) is 0 Å². The van der Waals surface area contributed by atoms with Crippen LogP contribution in [0.2, 0.25) is 0 Å². The number of benzene rings is 1. The highest BCUT2D eigenvalue weighted by Crippen LogP contribution is 2.32. The van der Waals surface area contributed by atoms with Crippen molar-refractivity contribution in [1.82, 2.24) is 5.32 Å². The Labute approximate surface area is 139 Å². The molecular formula is C17H19NO6. The van der Waals surface area contributed by atoms with Crippen molar-refractivity contribution in [2.45, 2.75) is 19.9 Å². The zero-order valence-corrected chi connectivity index (χ0v) is 13.9. The van der Waals surface area contributed by atoms with Gasteiger partial charge in [0.1, 0.15) is 0 Å². The van der Waals surface area contributed by atoms with E-state index < -0.39 is 11.9 Å². The summed E-state index contributed by atoms with van der Waals surface area (Å²) in [5.74, 6) is -0.894. The van der Waals surface area contributed by atoms with Gasteiger partial charge in [-0.3, -0.25) is 4.79 Å². The van der Waals surface area contributed by atoms with E-state index >= 15 is 0 Å². The van der Waals surface area contributed by atoms with Crippen LogP contribution in [0.15, 0.2) is 28.7 Å². The number of hydrogen-bond donors (Lipinski definition) is 2. The first-order valence-corrected chi connectivity index (χ1v) is 7.23. The molecule has 0 aliphatic carbocycles. The minimum absolute atomic E-state index is 0.0580. The number of amides is 1. The largest absolute Gasteiger partial charge is 0.493 e. The molecule has 0 aliphatic rings. The topological polar surface area (TPSA) is 98.0 Å². The molecule has 0 saturated heterocycles. The van der Waals surface area contributed by atoms with Gasteiger partial charge in [-0.2, -0.15) is 0 Å². The molecule has 0 bridgehead atoms. The number of ether oxygens (including phenoxy) is 2. The molecule has 0 fully saturated rings. The van der Waals surface area contributed by atoms with Crippen LogP contribution in [-0.2, 0) is 0 Å². The van der Waals surface area contributed by atoms with E-state index in [0.29, 0.717) is 11.5 Å². The first kappa shape index (κ1) is 17.4. The first-order valence-electron chi connectivity index (χ1n) is 7.23. The Kier molecular flexibility index (Phi) is 5.13. The lowest BCUT2D eigenvalue weighted by Crippen LogP contribution is -2.26. The molecule has 2 N–H and O–H groups in total. The number of aryl methyl sites for hydroxylation is 1. The van der Waals surface area contributed by atoms with Crippen molar-refractivity contribution in [3.05, 3.63) is 46.9 Å². The van der Waals surface area contributed by atoms with Crippen molar-refractivity contribution in [2.24, 2.45) is 0 Å². The van der Waals surface area contributed by atoms with Crippen molar-refractivity contribution in [2.75, 3.05) is 14.2 Å². The van der Waals surface area contributed by atoms with Crippen LogP contribution in [0.3, 0.4) is 0 Å². The molecule has 7 nitrogen and oxygen atoms in total. The smallest absolute Gasteiger partial charge is 0.371 e. The quantitative estimate of drug-likeness (QED) is 0.843. The van der Waals surface area contributed by atoms with Gasteiger partial charge >= 0.3 is 5.97 Å².